The van der Waals surface area contributed by atoms with E-state index < -0.39 is 0 Å². The van der Waals surface area contributed by atoms with E-state index in [9.17, 15) is 4.79 Å². The van der Waals surface area contributed by atoms with Gasteiger partial charge in [-0.3, -0.25) is 4.79 Å². The van der Waals surface area contributed by atoms with Crippen molar-refractivity contribution in [3.8, 4) is 0 Å². The van der Waals surface area contributed by atoms with Crippen molar-refractivity contribution in [3.63, 3.8) is 0 Å². The van der Waals surface area contributed by atoms with E-state index in [4.69, 9.17) is 0 Å². The van der Waals surface area contributed by atoms with Crippen LogP contribution in [0.4, 0.5) is 0 Å². The second-order valence-corrected chi connectivity index (χ2v) is 6.22. The molecule has 1 atom stereocenters. The Morgan fingerprint density at radius 1 is 1.27 bits per heavy atom. The number of nitrogens with one attached hydrogen (secondary N) is 1. The SMILES string of the molecule is Cc1nc2ccc(C(=O)NCC3CCN(C)C3)cc2nc1C. The van der Waals surface area contributed by atoms with E-state index in [1.807, 2.05) is 32.0 Å². The molecule has 5 heteroatoms. The van der Waals surface area contributed by atoms with E-state index in [-0.39, 0.29) is 5.91 Å². The van der Waals surface area contributed by atoms with Crippen LogP contribution in [0.25, 0.3) is 11.0 Å². The quantitative estimate of drug-likeness (QED) is 0.940. The molecule has 2 heterocycles. The van der Waals surface area contributed by atoms with E-state index in [0.717, 1.165) is 48.5 Å². The first-order valence-corrected chi connectivity index (χ1v) is 7.74. The van der Waals surface area contributed by atoms with Crippen LogP contribution < -0.4 is 5.32 Å². The summed E-state index contributed by atoms with van der Waals surface area (Å²) in [6.07, 6.45) is 1.15. The zero-order valence-electron chi connectivity index (χ0n) is 13.4. The summed E-state index contributed by atoms with van der Waals surface area (Å²) >= 11 is 0. The highest BCUT2D eigenvalue weighted by Crippen LogP contribution is 2.16. The number of fused-ring (bicyclic) bond motifs is 1. The Hall–Kier alpha value is -2.01. The smallest absolute Gasteiger partial charge is 0.251 e. The van der Waals surface area contributed by atoms with Gasteiger partial charge in [0.15, 0.2) is 0 Å². The number of nitrogens with zero attached hydrogens (tertiary/aromatic N) is 3. The molecule has 0 aliphatic carbocycles. The van der Waals surface area contributed by atoms with Crippen LogP contribution in [0, 0.1) is 19.8 Å². The summed E-state index contributed by atoms with van der Waals surface area (Å²) in [5.74, 6) is 0.524. The van der Waals surface area contributed by atoms with Crippen molar-refractivity contribution in [1.29, 1.82) is 0 Å². The number of amides is 1. The second-order valence-electron chi connectivity index (χ2n) is 6.22. The summed E-state index contributed by atoms with van der Waals surface area (Å²) in [7, 11) is 2.12. The van der Waals surface area contributed by atoms with Crippen molar-refractivity contribution in [2.45, 2.75) is 20.3 Å². The van der Waals surface area contributed by atoms with E-state index in [2.05, 4.69) is 27.2 Å². The van der Waals surface area contributed by atoms with E-state index >= 15 is 0 Å². The monoisotopic (exact) mass is 298 g/mol. The maximum atomic E-state index is 12.3. The first-order chi connectivity index (χ1) is 10.5. The molecular formula is C17H22N4O. The van der Waals surface area contributed by atoms with E-state index in [1.165, 1.54) is 0 Å². The Morgan fingerprint density at radius 2 is 2.00 bits per heavy atom. The molecule has 1 N–H and O–H groups in total. The molecule has 22 heavy (non-hydrogen) atoms. The molecule has 1 aromatic heterocycles. The lowest BCUT2D eigenvalue weighted by Gasteiger charge is -2.12. The Kier molecular flexibility index (Phi) is 4.07. The number of aromatic nitrogens is 2. The minimum atomic E-state index is -0.0310. The lowest BCUT2D eigenvalue weighted by molar-refractivity contribution is 0.0947. The standard InChI is InChI=1S/C17H22N4O/c1-11-12(2)20-16-8-14(4-5-15(16)19-11)17(22)18-9-13-6-7-21(3)10-13/h4-5,8,13H,6-7,9-10H2,1-3H3,(H,18,22). The Labute approximate surface area is 130 Å². The van der Waals surface area contributed by atoms with Crippen LogP contribution in [0.15, 0.2) is 18.2 Å². The average Bonchev–Trinajstić information content (AvgIpc) is 2.91. The van der Waals surface area contributed by atoms with Gasteiger partial charge >= 0.3 is 0 Å². The fraction of sp³-hybridized carbons (Fsp3) is 0.471. The molecule has 1 saturated heterocycles. The van der Waals surface area contributed by atoms with E-state index in [1.54, 1.807) is 0 Å². The van der Waals surface area contributed by atoms with Gasteiger partial charge in [0.1, 0.15) is 0 Å². The normalized spacial score (nSPS) is 18.8. The molecule has 0 bridgehead atoms. The molecule has 1 amide bonds. The van der Waals surface area contributed by atoms with Crippen molar-refractivity contribution < 1.29 is 4.79 Å². The molecule has 0 spiro atoms. The third-order valence-electron chi connectivity index (χ3n) is 4.38. The van der Waals surface area contributed by atoms with Gasteiger partial charge in [0, 0.05) is 18.7 Å². The number of carbonyl (C=O) groups excluding carboxylic acids is 1. The number of likely N-dealkylation sites (tertiary alicyclic amines) is 1. The Morgan fingerprint density at radius 3 is 2.68 bits per heavy atom. The summed E-state index contributed by atoms with van der Waals surface area (Å²) in [5.41, 5.74) is 4.08. The number of hydrogen-bond donors (Lipinski definition) is 1. The van der Waals surface area contributed by atoms with Gasteiger partial charge in [-0.15, -0.1) is 0 Å². The largest absolute Gasteiger partial charge is 0.352 e. The number of carbonyl (C=O) groups is 1. The number of benzene rings is 1. The Bertz CT molecular complexity index is 713. The van der Waals surface area contributed by atoms with Crippen molar-refractivity contribution in [3.05, 3.63) is 35.2 Å². The Balaban J connectivity index is 1.72. The third-order valence-corrected chi connectivity index (χ3v) is 4.38. The summed E-state index contributed by atoms with van der Waals surface area (Å²) in [4.78, 5) is 23.6. The molecule has 1 unspecified atom stereocenters. The predicted octanol–water partition coefficient (Wildman–Crippen LogP) is 1.93. The number of aryl methyl sites for hydroxylation is 2. The van der Waals surface area contributed by atoms with Crippen LogP contribution in [0.5, 0.6) is 0 Å². The van der Waals surface area contributed by atoms with Gasteiger partial charge in [0.05, 0.1) is 22.4 Å². The minimum absolute atomic E-state index is 0.0310. The fourth-order valence-electron chi connectivity index (χ4n) is 2.90. The van der Waals surface area contributed by atoms with Crippen LogP contribution in [0.3, 0.4) is 0 Å². The lowest BCUT2D eigenvalue weighted by atomic mass is 10.1. The van der Waals surface area contributed by atoms with Gasteiger partial charge in [-0.05, 0) is 58.0 Å². The molecular weight excluding hydrogens is 276 g/mol. The molecule has 116 valence electrons. The first-order valence-electron chi connectivity index (χ1n) is 7.74. The molecule has 1 aliphatic rings. The van der Waals surface area contributed by atoms with Crippen LogP contribution >= 0.6 is 0 Å². The fourth-order valence-corrected chi connectivity index (χ4v) is 2.90. The van der Waals surface area contributed by atoms with Crippen molar-refractivity contribution in [2.24, 2.45) is 5.92 Å². The van der Waals surface area contributed by atoms with Crippen LogP contribution in [-0.4, -0.2) is 47.5 Å². The summed E-state index contributed by atoms with van der Waals surface area (Å²) in [6, 6.07) is 5.51. The maximum Gasteiger partial charge on any atom is 0.251 e. The van der Waals surface area contributed by atoms with E-state index in [0.29, 0.717) is 11.5 Å². The molecule has 0 radical (unpaired) electrons. The van der Waals surface area contributed by atoms with Crippen molar-refractivity contribution in [1.82, 2.24) is 20.2 Å². The molecule has 1 aromatic carbocycles. The van der Waals surface area contributed by atoms with Gasteiger partial charge in [0.25, 0.3) is 5.91 Å². The maximum absolute atomic E-state index is 12.3. The predicted molar refractivity (Wildman–Crippen MR) is 86.9 cm³/mol. The van der Waals surface area contributed by atoms with Crippen LogP contribution in [0.2, 0.25) is 0 Å². The number of hydrogen-bond acceptors (Lipinski definition) is 4. The molecule has 0 saturated carbocycles. The topological polar surface area (TPSA) is 58.1 Å². The summed E-state index contributed by atoms with van der Waals surface area (Å²) < 4.78 is 0. The van der Waals surface area contributed by atoms with Gasteiger partial charge < -0.3 is 10.2 Å². The van der Waals surface area contributed by atoms with Crippen LogP contribution in [-0.2, 0) is 0 Å². The van der Waals surface area contributed by atoms with Crippen molar-refractivity contribution in [2.75, 3.05) is 26.7 Å². The minimum Gasteiger partial charge on any atom is -0.352 e. The molecule has 5 nitrogen and oxygen atoms in total. The average molecular weight is 298 g/mol. The summed E-state index contributed by atoms with van der Waals surface area (Å²) in [6.45, 7) is 6.79. The molecule has 2 aromatic rings. The van der Waals surface area contributed by atoms with Crippen molar-refractivity contribution >= 4 is 16.9 Å². The van der Waals surface area contributed by atoms with Gasteiger partial charge in [-0.25, -0.2) is 9.97 Å². The highest BCUT2D eigenvalue weighted by molar-refractivity contribution is 5.97. The molecule has 1 fully saturated rings. The van der Waals surface area contributed by atoms with Gasteiger partial charge in [-0.2, -0.15) is 0 Å². The zero-order chi connectivity index (χ0) is 15.7. The third kappa shape index (κ3) is 3.09. The van der Waals surface area contributed by atoms with Gasteiger partial charge in [-0.1, -0.05) is 0 Å². The highest BCUT2D eigenvalue weighted by atomic mass is 16.1. The summed E-state index contributed by atoms with van der Waals surface area (Å²) in [5, 5.41) is 3.04. The lowest BCUT2D eigenvalue weighted by Crippen LogP contribution is -2.30. The highest BCUT2D eigenvalue weighted by Gasteiger charge is 2.20. The second kappa shape index (κ2) is 6.01. The molecule has 1 aliphatic heterocycles. The zero-order valence-corrected chi connectivity index (χ0v) is 13.4. The van der Waals surface area contributed by atoms with Crippen LogP contribution in [0.1, 0.15) is 28.2 Å². The number of rotatable bonds is 3. The first kappa shape index (κ1) is 14.9. The molecule has 3 rings (SSSR count). The van der Waals surface area contributed by atoms with Gasteiger partial charge in [0.2, 0.25) is 0 Å².